The Hall–Kier alpha value is -2.21. The van der Waals surface area contributed by atoms with Crippen LogP contribution in [0.4, 0.5) is 0 Å². The summed E-state index contributed by atoms with van der Waals surface area (Å²) in [6.07, 6.45) is 5.21. The minimum absolute atomic E-state index is 0.0481. The van der Waals surface area contributed by atoms with Gasteiger partial charge in [0.2, 0.25) is 0 Å². The number of carbonyl (C=O) groups excluding carboxylic acids is 1. The normalized spacial score (nSPS) is 10.3. The number of nitrogens with zero attached hydrogens (tertiary/aromatic N) is 1. The zero-order valence-corrected chi connectivity index (χ0v) is 10.9. The molecule has 2 rings (SSSR count). The molecule has 0 radical (unpaired) electrons. The van der Waals surface area contributed by atoms with Crippen molar-refractivity contribution < 1.29 is 4.79 Å². The topological polar surface area (TPSA) is 36.1 Å². The monoisotopic (exact) mass is 240 g/mol. The van der Waals surface area contributed by atoms with E-state index >= 15 is 0 Å². The Morgan fingerprint density at radius 1 is 1.44 bits per heavy atom. The van der Waals surface area contributed by atoms with Gasteiger partial charge in [-0.25, -0.2) is 0 Å². The molecule has 0 bridgehead atoms. The fourth-order valence-electron chi connectivity index (χ4n) is 2.02. The van der Waals surface area contributed by atoms with Crippen LogP contribution >= 0.6 is 0 Å². The summed E-state index contributed by atoms with van der Waals surface area (Å²) >= 11 is 0. The molecule has 18 heavy (non-hydrogen) atoms. The van der Waals surface area contributed by atoms with Gasteiger partial charge in [-0.1, -0.05) is 5.92 Å². The summed E-state index contributed by atoms with van der Waals surface area (Å²) in [5, 5.41) is 1.09. The van der Waals surface area contributed by atoms with E-state index in [0.29, 0.717) is 12.1 Å². The summed E-state index contributed by atoms with van der Waals surface area (Å²) in [4.78, 5) is 16.9. The standard InChI is InChI=1S/C15H16N2O/c1-5-8-17(4)15(18)12-6-7-14-13(9-12)10(2)11(3)16-14/h1,6-7,9,16H,8H2,2-4H3. The van der Waals surface area contributed by atoms with Gasteiger partial charge in [0.15, 0.2) is 0 Å². The first-order valence-corrected chi connectivity index (χ1v) is 5.82. The van der Waals surface area contributed by atoms with Crippen LogP contribution in [0, 0.1) is 26.2 Å². The molecule has 1 amide bonds. The van der Waals surface area contributed by atoms with Crippen molar-refractivity contribution in [2.75, 3.05) is 13.6 Å². The fraction of sp³-hybridized carbons (Fsp3) is 0.267. The number of benzene rings is 1. The van der Waals surface area contributed by atoms with Crippen LogP contribution in [-0.2, 0) is 0 Å². The lowest BCUT2D eigenvalue weighted by molar-refractivity contribution is 0.0813. The van der Waals surface area contributed by atoms with Gasteiger partial charge in [0.05, 0.1) is 6.54 Å². The largest absolute Gasteiger partial charge is 0.358 e. The number of aromatic nitrogens is 1. The number of H-pyrrole nitrogens is 1. The number of nitrogens with one attached hydrogen (secondary N) is 1. The molecule has 1 aromatic heterocycles. The van der Waals surface area contributed by atoms with Crippen LogP contribution in [0.1, 0.15) is 21.6 Å². The third-order valence-corrected chi connectivity index (χ3v) is 3.23. The van der Waals surface area contributed by atoms with Crippen molar-refractivity contribution in [2.24, 2.45) is 0 Å². The van der Waals surface area contributed by atoms with Crippen LogP contribution < -0.4 is 0 Å². The summed E-state index contributed by atoms with van der Waals surface area (Å²) in [6.45, 7) is 4.40. The van der Waals surface area contributed by atoms with Gasteiger partial charge in [-0.05, 0) is 37.6 Å². The number of aryl methyl sites for hydroxylation is 2. The molecule has 3 nitrogen and oxygen atoms in total. The SMILES string of the molecule is C#CCN(C)C(=O)c1ccc2[nH]c(C)c(C)c2c1. The van der Waals surface area contributed by atoms with E-state index in [-0.39, 0.29) is 5.91 Å². The molecule has 2 aromatic rings. The number of amides is 1. The molecule has 1 N–H and O–H groups in total. The molecule has 0 aliphatic carbocycles. The van der Waals surface area contributed by atoms with Gasteiger partial charge < -0.3 is 9.88 Å². The van der Waals surface area contributed by atoms with Crippen molar-refractivity contribution in [3.8, 4) is 12.3 Å². The highest BCUT2D eigenvalue weighted by Crippen LogP contribution is 2.22. The molecule has 0 unspecified atom stereocenters. The Kier molecular flexibility index (Phi) is 3.12. The maximum atomic E-state index is 12.1. The van der Waals surface area contributed by atoms with Gasteiger partial charge in [-0.2, -0.15) is 0 Å². The quantitative estimate of drug-likeness (QED) is 0.804. The summed E-state index contributed by atoms with van der Waals surface area (Å²) in [6, 6.07) is 5.68. The van der Waals surface area contributed by atoms with E-state index in [0.717, 1.165) is 16.6 Å². The first-order chi connectivity index (χ1) is 8.54. The average molecular weight is 240 g/mol. The molecule has 0 saturated carbocycles. The van der Waals surface area contributed by atoms with Gasteiger partial charge in [0.1, 0.15) is 0 Å². The molecular formula is C15H16N2O. The molecular weight excluding hydrogens is 224 g/mol. The predicted octanol–water partition coefficient (Wildman–Crippen LogP) is 2.49. The first kappa shape index (κ1) is 12.3. The second-order valence-electron chi connectivity index (χ2n) is 4.50. The molecule has 0 atom stereocenters. The number of hydrogen-bond acceptors (Lipinski definition) is 1. The van der Waals surface area contributed by atoms with E-state index in [4.69, 9.17) is 6.42 Å². The smallest absolute Gasteiger partial charge is 0.254 e. The van der Waals surface area contributed by atoms with Crippen molar-refractivity contribution >= 4 is 16.8 Å². The average Bonchev–Trinajstić information content (AvgIpc) is 2.64. The van der Waals surface area contributed by atoms with Crippen molar-refractivity contribution in [1.29, 1.82) is 0 Å². The minimum atomic E-state index is -0.0481. The Labute approximate surface area is 107 Å². The van der Waals surface area contributed by atoms with Gasteiger partial charge in [0, 0.05) is 29.2 Å². The van der Waals surface area contributed by atoms with E-state index < -0.39 is 0 Å². The predicted molar refractivity (Wildman–Crippen MR) is 73.6 cm³/mol. The van der Waals surface area contributed by atoms with E-state index in [2.05, 4.69) is 10.9 Å². The zero-order chi connectivity index (χ0) is 13.3. The number of hydrogen-bond donors (Lipinski definition) is 1. The number of terminal acetylenes is 1. The van der Waals surface area contributed by atoms with E-state index in [9.17, 15) is 4.79 Å². The molecule has 92 valence electrons. The summed E-state index contributed by atoms with van der Waals surface area (Å²) in [5.41, 5.74) is 4.04. The summed E-state index contributed by atoms with van der Waals surface area (Å²) < 4.78 is 0. The molecule has 0 fully saturated rings. The third-order valence-electron chi connectivity index (χ3n) is 3.23. The molecule has 0 aliphatic rings. The van der Waals surface area contributed by atoms with Crippen LogP contribution in [0.15, 0.2) is 18.2 Å². The van der Waals surface area contributed by atoms with Crippen LogP contribution in [0.3, 0.4) is 0 Å². The van der Waals surface area contributed by atoms with E-state index in [1.807, 2.05) is 32.0 Å². The Balaban J connectivity index is 2.44. The van der Waals surface area contributed by atoms with Crippen LogP contribution in [0.5, 0.6) is 0 Å². The highest BCUT2D eigenvalue weighted by Gasteiger charge is 2.12. The summed E-state index contributed by atoms with van der Waals surface area (Å²) in [7, 11) is 1.71. The lowest BCUT2D eigenvalue weighted by Gasteiger charge is -2.13. The number of rotatable bonds is 2. The zero-order valence-electron chi connectivity index (χ0n) is 10.9. The Morgan fingerprint density at radius 2 is 2.17 bits per heavy atom. The van der Waals surface area contributed by atoms with Gasteiger partial charge in [-0.15, -0.1) is 6.42 Å². The van der Waals surface area contributed by atoms with Crippen molar-refractivity contribution in [3.63, 3.8) is 0 Å². The van der Waals surface area contributed by atoms with Gasteiger partial charge in [-0.3, -0.25) is 4.79 Å². The number of aromatic amines is 1. The van der Waals surface area contributed by atoms with Crippen LogP contribution in [0.25, 0.3) is 10.9 Å². The molecule has 1 aromatic carbocycles. The Morgan fingerprint density at radius 3 is 2.83 bits per heavy atom. The van der Waals surface area contributed by atoms with Crippen molar-refractivity contribution in [2.45, 2.75) is 13.8 Å². The highest BCUT2D eigenvalue weighted by atomic mass is 16.2. The van der Waals surface area contributed by atoms with Crippen LogP contribution in [0.2, 0.25) is 0 Å². The van der Waals surface area contributed by atoms with Gasteiger partial charge >= 0.3 is 0 Å². The molecule has 0 spiro atoms. The van der Waals surface area contributed by atoms with E-state index in [1.165, 1.54) is 10.5 Å². The maximum Gasteiger partial charge on any atom is 0.254 e. The third kappa shape index (κ3) is 1.98. The molecule has 0 saturated heterocycles. The second-order valence-corrected chi connectivity index (χ2v) is 4.50. The number of carbonyl (C=O) groups is 1. The van der Waals surface area contributed by atoms with Gasteiger partial charge in [0.25, 0.3) is 5.91 Å². The lowest BCUT2D eigenvalue weighted by atomic mass is 10.1. The minimum Gasteiger partial charge on any atom is -0.358 e. The highest BCUT2D eigenvalue weighted by molar-refractivity contribution is 5.99. The lowest BCUT2D eigenvalue weighted by Crippen LogP contribution is -2.26. The first-order valence-electron chi connectivity index (χ1n) is 5.82. The molecule has 1 heterocycles. The van der Waals surface area contributed by atoms with Crippen molar-refractivity contribution in [1.82, 2.24) is 9.88 Å². The second kappa shape index (κ2) is 4.58. The molecule has 3 heteroatoms. The number of fused-ring (bicyclic) bond motifs is 1. The van der Waals surface area contributed by atoms with Crippen LogP contribution in [-0.4, -0.2) is 29.4 Å². The Bertz CT molecular complexity index is 646. The summed E-state index contributed by atoms with van der Waals surface area (Å²) in [5.74, 6) is 2.42. The van der Waals surface area contributed by atoms with Crippen molar-refractivity contribution in [3.05, 3.63) is 35.0 Å². The maximum absolute atomic E-state index is 12.1. The fourth-order valence-corrected chi connectivity index (χ4v) is 2.02. The van der Waals surface area contributed by atoms with E-state index in [1.54, 1.807) is 7.05 Å². The molecule has 0 aliphatic heterocycles.